The van der Waals surface area contributed by atoms with Crippen LogP contribution >= 0.6 is 11.6 Å². The van der Waals surface area contributed by atoms with Gasteiger partial charge in [0.2, 0.25) is 0 Å². The van der Waals surface area contributed by atoms with Crippen molar-refractivity contribution in [3.63, 3.8) is 0 Å². The standard InChI is InChI=1S/C8H4ClFO3/c9-4-2-1-3-5(10)6(4)7(11)8(12)13/h1-3H,(H,12,13). The molecule has 0 heterocycles. The maximum absolute atomic E-state index is 12.9. The number of aliphatic carboxylic acids is 1. The molecule has 1 aromatic carbocycles. The molecule has 3 nitrogen and oxygen atoms in total. The van der Waals surface area contributed by atoms with Crippen LogP contribution in [0.1, 0.15) is 10.4 Å². The maximum Gasteiger partial charge on any atom is 0.377 e. The topological polar surface area (TPSA) is 54.4 Å². The minimum absolute atomic E-state index is 0.201. The highest BCUT2D eigenvalue weighted by molar-refractivity contribution is 6.45. The molecule has 5 heteroatoms. The minimum Gasteiger partial charge on any atom is -0.475 e. The van der Waals surface area contributed by atoms with Crippen LogP contribution in [0.25, 0.3) is 0 Å². The Hall–Kier alpha value is -1.42. The third kappa shape index (κ3) is 1.84. The molecule has 13 heavy (non-hydrogen) atoms. The normalized spacial score (nSPS) is 9.69. The number of carbonyl (C=O) groups excluding carboxylic acids is 1. The lowest BCUT2D eigenvalue weighted by molar-refractivity contribution is -0.131. The first kappa shape index (κ1) is 9.67. The third-order valence-electron chi connectivity index (χ3n) is 1.38. The Kier molecular flexibility index (Phi) is 2.63. The Bertz CT molecular complexity index is 355. The van der Waals surface area contributed by atoms with Crippen molar-refractivity contribution in [2.75, 3.05) is 0 Å². The summed E-state index contributed by atoms with van der Waals surface area (Å²) in [5.41, 5.74) is -0.600. The summed E-state index contributed by atoms with van der Waals surface area (Å²) in [4.78, 5) is 21.1. The van der Waals surface area contributed by atoms with Gasteiger partial charge in [-0.05, 0) is 12.1 Å². The summed E-state index contributed by atoms with van der Waals surface area (Å²) in [5, 5.41) is 8.11. The number of rotatable bonds is 2. The molecule has 0 saturated carbocycles. The third-order valence-corrected chi connectivity index (χ3v) is 1.70. The van der Waals surface area contributed by atoms with Crippen molar-refractivity contribution in [1.82, 2.24) is 0 Å². The number of halogens is 2. The Morgan fingerprint density at radius 1 is 1.38 bits per heavy atom. The number of benzene rings is 1. The molecule has 1 aromatic rings. The lowest BCUT2D eigenvalue weighted by atomic mass is 10.1. The molecule has 0 amide bonds. The molecule has 0 aromatic heterocycles. The molecule has 0 aliphatic rings. The Labute approximate surface area is 77.7 Å². The highest BCUT2D eigenvalue weighted by Gasteiger charge is 2.21. The van der Waals surface area contributed by atoms with Gasteiger partial charge in [0, 0.05) is 0 Å². The fourth-order valence-electron chi connectivity index (χ4n) is 0.822. The molecule has 0 bridgehead atoms. The van der Waals surface area contributed by atoms with Gasteiger partial charge in [0.1, 0.15) is 5.82 Å². The predicted molar refractivity (Wildman–Crippen MR) is 43.4 cm³/mol. The van der Waals surface area contributed by atoms with E-state index in [9.17, 15) is 14.0 Å². The molecular formula is C8H4ClFO3. The molecule has 1 rings (SSSR count). The average Bonchev–Trinajstić information content (AvgIpc) is 2.03. The number of carbonyl (C=O) groups is 2. The van der Waals surface area contributed by atoms with Crippen molar-refractivity contribution in [3.05, 3.63) is 34.6 Å². The van der Waals surface area contributed by atoms with E-state index < -0.39 is 23.1 Å². The van der Waals surface area contributed by atoms with Crippen LogP contribution in [-0.4, -0.2) is 16.9 Å². The van der Waals surface area contributed by atoms with E-state index in [1.54, 1.807) is 0 Å². The van der Waals surface area contributed by atoms with E-state index in [2.05, 4.69) is 0 Å². The lowest BCUT2D eigenvalue weighted by Crippen LogP contribution is -2.14. The van der Waals surface area contributed by atoms with Gasteiger partial charge >= 0.3 is 5.97 Å². The second kappa shape index (κ2) is 3.53. The fraction of sp³-hybridized carbons (Fsp3) is 0. The molecule has 0 aliphatic heterocycles. The van der Waals surface area contributed by atoms with Gasteiger partial charge in [-0.3, -0.25) is 4.79 Å². The van der Waals surface area contributed by atoms with Crippen LogP contribution in [0.4, 0.5) is 4.39 Å². The number of hydrogen-bond donors (Lipinski definition) is 1. The average molecular weight is 203 g/mol. The number of ketones is 1. The van der Waals surface area contributed by atoms with Crippen LogP contribution in [0.5, 0.6) is 0 Å². The Balaban J connectivity index is 3.28. The number of hydrogen-bond acceptors (Lipinski definition) is 2. The Morgan fingerprint density at radius 2 is 2.00 bits per heavy atom. The SMILES string of the molecule is O=C(O)C(=O)c1c(F)cccc1Cl. The van der Waals surface area contributed by atoms with Crippen molar-refractivity contribution in [3.8, 4) is 0 Å². The Morgan fingerprint density at radius 3 is 2.46 bits per heavy atom. The summed E-state index contributed by atoms with van der Waals surface area (Å²) >= 11 is 5.44. The van der Waals surface area contributed by atoms with Gasteiger partial charge in [-0.15, -0.1) is 0 Å². The molecule has 0 spiro atoms. The fourth-order valence-corrected chi connectivity index (χ4v) is 1.07. The van der Waals surface area contributed by atoms with Crippen molar-refractivity contribution >= 4 is 23.4 Å². The van der Waals surface area contributed by atoms with Gasteiger partial charge in [-0.1, -0.05) is 17.7 Å². The number of Topliss-reactive ketones (excluding diaryl/α,β-unsaturated/α-hetero) is 1. The van der Waals surface area contributed by atoms with Gasteiger partial charge in [0.05, 0.1) is 10.6 Å². The largest absolute Gasteiger partial charge is 0.475 e. The first-order chi connectivity index (χ1) is 6.04. The van der Waals surface area contributed by atoms with E-state index in [4.69, 9.17) is 16.7 Å². The van der Waals surface area contributed by atoms with Crippen LogP contribution in [0.2, 0.25) is 5.02 Å². The van der Waals surface area contributed by atoms with Crippen LogP contribution in [0.15, 0.2) is 18.2 Å². The van der Waals surface area contributed by atoms with Gasteiger partial charge in [0.25, 0.3) is 5.78 Å². The first-order valence-corrected chi connectivity index (χ1v) is 3.63. The quantitative estimate of drug-likeness (QED) is 0.587. The highest BCUT2D eigenvalue weighted by Crippen LogP contribution is 2.19. The van der Waals surface area contributed by atoms with Crippen LogP contribution in [0, 0.1) is 5.82 Å². The van der Waals surface area contributed by atoms with E-state index in [0.29, 0.717) is 0 Å². The molecule has 68 valence electrons. The summed E-state index contributed by atoms with van der Waals surface area (Å²) in [6.45, 7) is 0. The summed E-state index contributed by atoms with van der Waals surface area (Å²) in [6, 6.07) is 3.51. The molecule has 0 fully saturated rings. The summed E-state index contributed by atoms with van der Waals surface area (Å²) in [6.07, 6.45) is 0. The second-order valence-electron chi connectivity index (χ2n) is 2.23. The van der Waals surface area contributed by atoms with E-state index in [-0.39, 0.29) is 5.02 Å². The minimum atomic E-state index is -1.73. The predicted octanol–water partition coefficient (Wildman–Crippen LogP) is 1.75. The van der Waals surface area contributed by atoms with Crippen LogP contribution < -0.4 is 0 Å². The molecule has 0 aliphatic carbocycles. The molecular weight excluding hydrogens is 199 g/mol. The van der Waals surface area contributed by atoms with Gasteiger partial charge in [-0.2, -0.15) is 0 Å². The highest BCUT2D eigenvalue weighted by atomic mass is 35.5. The molecule has 0 radical (unpaired) electrons. The lowest BCUT2D eigenvalue weighted by Gasteiger charge is -1.99. The van der Waals surface area contributed by atoms with Crippen molar-refractivity contribution < 1.29 is 19.1 Å². The monoisotopic (exact) mass is 202 g/mol. The molecule has 0 saturated heterocycles. The number of carboxylic acids is 1. The van der Waals surface area contributed by atoms with E-state index in [1.807, 2.05) is 0 Å². The number of carboxylic acid groups (broad SMARTS) is 1. The van der Waals surface area contributed by atoms with Crippen LogP contribution in [-0.2, 0) is 4.79 Å². The van der Waals surface area contributed by atoms with Crippen molar-refractivity contribution in [2.45, 2.75) is 0 Å². The van der Waals surface area contributed by atoms with E-state index in [0.717, 1.165) is 6.07 Å². The zero-order chi connectivity index (χ0) is 10.0. The summed E-state index contributed by atoms with van der Waals surface area (Å²) in [5.74, 6) is -4.00. The van der Waals surface area contributed by atoms with Gasteiger partial charge in [-0.25, -0.2) is 9.18 Å². The molecule has 1 N–H and O–H groups in total. The van der Waals surface area contributed by atoms with Crippen LogP contribution in [0.3, 0.4) is 0 Å². The maximum atomic E-state index is 12.9. The summed E-state index contributed by atoms with van der Waals surface area (Å²) < 4.78 is 12.9. The van der Waals surface area contributed by atoms with Gasteiger partial charge in [0.15, 0.2) is 0 Å². The smallest absolute Gasteiger partial charge is 0.377 e. The second-order valence-corrected chi connectivity index (χ2v) is 2.64. The molecule has 0 unspecified atom stereocenters. The van der Waals surface area contributed by atoms with Gasteiger partial charge < -0.3 is 5.11 Å². The molecule has 0 atom stereocenters. The zero-order valence-electron chi connectivity index (χ0n) is 6.25. The van der Waals surface area contributed by atoms with E-state index >= 15 is 0 Å². The summed E-state index contributed by atoms with van der Waals surface area (Å²) in [7, 11) is 0. The van der Waals surface area contributed by atoms with Crippen molar-refractivity contribution in [1.29, 1.82) is 0 Å². The van der Waals surface area contributed by atoms with Crippen molar-refractivity contribution in [2.24, 2.45) is 0 Å². The zero-order valence-corrected chi connectivity index (χ0v) is 7.01. The first-order valence-electron chi connectivity index (χ1n) is 3.25. The van der Waals surface area contributed by atoms with E-state index in [1.165, 1.54) is 12.1 Å².